The third kappa shape index (κ3) is 5.36. The maximum absolute atomic E-state index is 14.1. The molecule has 1 aromatic carbocycles. The van der Waals surface area contributed by atoms with E-state index in [0.717, 1.165) is 44.9 Å². The van der Waals surface area contributed by atoms with E-state index in [4.69, 9.17) is 43.2 Å². The molecule has 1 aromatic rings. The number of ether oxygens (including phenoxy) is 5. The Bertz CT molecular complexity index is 1570. The van der Waals surface area contributed by atoms with Gasteiger partial charge in [0, 0.05) is 36.8 Å². The first kappa shape index (κ1) is 35.8. The molecule has 8 heterocycles. The number of nitrogens with one attached hydrogen (secondary N) is 1. The van der Waals surface area contributed by atoms with Crippen LogP contribution in [0.25, 0.3) is 0 Å². The Labute approximate surface area is 306 Å². The summed E-state index contributed by atoms with van der Waals surface area (Å²) >= 11 is 0. The van der Waals surface area contributed by atoms with Crippen molar-refractivity contribution in [3.05, 3.63) is 29.6 Å². The van der Waals surface area contributed by atoms with E-state index in [2.05, 4.69) is 33.0 Å². The predicted molar refractivity (Wildman–Crippen MR) is 183 cm³/mol. The minimum atomic E-state index is -0.935. The topological polar surface area (TPSA) is 112 Å². The minimum Gasteiger partial charge on any atom is -0.443 e. The molecule has 17 atom stereocenters. The molecule has 1 N–H and O–H groups in total. The van der Waals surface area contributed by atoms with Crippen molar-refractivity contribution in [1.82, 2.24) is 0 Å². The van der Waals surface area contributed by atoms with Gasteiger partial charge in [-0.05, 0) is 119 Å². The van der Waals surface area contributed by atoms with Crippen molar-refractivity contribution in [1.29, 1.82) is 0 Å². The van der Waals surface area contributed by atoms with Gasteiger partial charge in [-0.1, -0.05) is 27.7 Å². The molecule has 8 saturated heterocycles. The van der Waals surface area contributed by atoms with Crippen LogP contribution in [0.3, 0.4) is 0 Å². The van der Waals surface area contributed by atoms with E-state index in [1.807, 2.05) is 13.8 Å². The van der Waals surface area contributed by atoms with Gasteiger partial charge in [0.25, 0.3) is 0 Å². The van der Waals surface area contributed by atoms with Gasteiger partial charge in [0.15, 0.2) is 23.8 Å². The van der Waals surface area contributed by atoms with Gasteiger partial charge < -0.3 is 23.7 Å². The first-order valence-electron chi connectivity index (χ1n) is 19.9. The predicted octanol–water partition coefficient (Wildman–Crippen LogP) is 7.94. The number of rotatable bonds is 5. The van der Waals surface area contributed by atoms with Gasteiger partial charge in [-0.3, -0.25) is 5.32 Å². The molecule has 0 radical (unpaired) electrons. The molecule has 52 heavy (non-hydrogen) atoms. The second-order valence-corrected chi connectivity index (χ2v) is 18.1. The normalized spacial score (nSPS) is 51.0. The van der Waals surface area contributed by atoms with E-state index >= 15 is 0 Å². The van der Waals surface area contributed by atoms with E-state index in [0.29, 0.717) is 35.9 Å². The Morgan fingerprint density at radius 3 is 1.98 bits per heavy atom. The number of anilines is 1. The minimum absolute atomic E-state index is 0.0424. The number of amides is 1. The molecule has 10 fully saturated rings. The van der Waals surface area contributed by atoms with Crippen LogP contribution in [-0.2, 0) is 43.2 Å². The second kappa shape index (κ2) is 12.6. The smallest absolute Gasteiger partial charge is 0.411 e. The Hall–Kier alpha value is -1.90. The average Bonchev–Trinajstić information content (AvgIpc) is 3.48. The lowest BCUT2D eigenvalue weighted by molar-refractivity contribution is -0.573. The second-order valence-electron chi connectivity index (χ2n) is 18.1. The van der Waals surface area contributed by atoms with E-state index < -0.39 is 53.7 Å². The molecule has 2 spiro atoms. The van der Waals surface area contributed by atoms with Gasteiger partial charge in [-0.25, -0.2) is 28.7 Å². The van der Waals surface area contributed by atoms with Gasteiger partial charge in [-0.15, -0.1) is 0 Å². The SMILES string of the molecule is Cc1cc(NC(=O)O[C@@H](C[C@H]2O[C@@H]3O[C@@]4(C)CC[C@H]5[C@H](C)CC[C@@H]([C@H]2C)[C@@]35OO4)[C@H]2O[C@@H]3O[C@@]4(C)CC[C@H]5[C@H](C)CC[C@@H]([C@H]2C)[C@@]35OO4)ccc1F. The first-order valence-corrected chi connectivity index (χ1v) is 19.9. The summed E-state index contributed by atoms with van der Waals surface area (Å²) in [6, 6.07) is 4.47. The van der Waals surface area contributed by atoms with E-state index in [1.54, 1.807) is 13.0 Å². The van der Waals surface area contributed by atoms with Crippen molar-refractivity contribution in [3.63, 3.8) is 0 Å². The van der Waals surface area contributed by atoms with E-state index in [1.165, 1.54) is 12.1 Å². The maximum Gasteiger partial charge on any atom is 0.411 e. The molecule has 0 unspecified atom stereocenters. The lowest BCUT2D eigenvalue weighted by atomic mass is 9.56. The van der Waals surface area contributed by atoms with E-state index in [9.17, 15) is 9.18 Å². The Balaban J connectivity index is 1.05. The molecule has 0 aromatic heterocycles. The molecular formula is C40H56FNO10. The van der Waals surface area contributed by atoms with Crippen molar-refractivity contribution in [2.24, 2.45) is 47.3 Å². The quantitative estimate of drug-likeness (QED) is 0.300. The molecule has 11 nitrogen and oxygen atoms in total. The highest BCUT2D eigenvalue weighted by Gasteiger charge is 2.72. The summed E-state index contributed by atoms with van der Waals surface area (Å²) < 4.78 is 48.0. The Kier molecular flexibility index (Phi) is 8.64. The summed E-state index contributed by atoms with van der Waals surface area (Å²) in [5.41, 5.74) is -0.576. The van der Waals surface area contributed by atoms with Gasteiger partial charge in [-0.2, -0.15) is 0 Å². The van der Waals surface area contributed by atoms with E-state index in [-0.39, 0.29) is 47.4 Å². The largest absolute Gasteiger partial charge is 0.443 e. The summed E-state index contributed by atoms with van der Waals surface area (Å²) in [6.45, 7) is 14.5. The molecule has 4 bridgehead atoms. The third-order valence-corrected chi connectivity index (χ3v) is 15.0. The zero-order chi connectivity index (χ0) is 36.4. The Morgan fingerprint density at radius 2 is 1.38 bits per heavy atom. The molecule has 2 saturated carbocycles. The number of hydrogen-bond donors (Lipinski definition) is 1. The van der Waals surface area contributed by atoms with Crippen molar-refractivity contribution < 1.29 is 52.4 Å². The molecule has 1 amide bonds. The Morgan fingerprint density at radius 1 is 0.808 bits per heavy atom. The number of hydrogen-bond acceptors (Lipinski definition) is 10. The third-order valence-electron chi connectivity index (χ3n) is 15.0. The molecule has 12 heteroatoms. The van der Waals surface area contributed by atoms with Crippen molar-refractivity contribution in [2.75, 3.05) is 5.32 Å². The van der Waals surface area contributed by atoms with Crippen LogP contribution in [0, 0.1) is 60.1 Å². The zero-order valence-corrected chi connectivity index (χ0v) is 31.6. The van der Waals surface area contributed by atoms with Crippen LogP contribution in [0.4, 0.5) is 14.9 Å². The molecule has 2 aliphatic carbocycles. The monoisotopic (exact) mass is 729 g/mol. The summed E-state index contributed by atoms with van der Waals surface area (Å²) in [5, 5.41) is 2.85. The fourth-order valence-electron chi connectivity index (χ4n) is 12.1. The summed E-state index contributed by atoms with van der Waals surface area (Å²) in [5.74, 6) is -0.715. The van der Waals surface area contributed by atoms with Crippen LogP contribution in [0.1, 0.15) is 105 Å². The van der Waals surface area contributed by atoms with Crippen LogP contribution in [0.5, 0.6) is 0 Å². The highest BCUT2D eigenvalue weighted by atomic mass is 19.1. The highest BCUT2D eigenvalue weighted by Crippen LogP contribution is 2.63. The summed E-state index contributed by atoms with van der Waals surface area (Å²) in [4.78, 5) is 38.8. The molecule has 11 rings (SSSR count). The maximum atomic E-state index is 14.1. The van der Waals surface area contributed by atoms with Crippen LogP contribution in [0.15, 0.2) is 18.2 Å². The fourth-order valence-corrected chi connectivity index (χ4v) is 12.1. The lowest BCUT2D eigenvalue weighted by Crippen LogP contribution is -2.72. The van der Waals surface area contributed by atoms with Crippen molar-refractivity contribution >= 4 is 11.8 Å². The standard InChI is InChI=1S/C40H56FNO10/c1-20-8-11-28-23(4)31(44-34-39(28)26(20)14-16-37(6,47-34)49-51-39)19-32(45-36(43)42-25-10-13-30(41)22(3)18-25)33-24(5)29-12-9-21(2)27-15-17-38(7)48-35(46-33)40(27,29)52-50-38/h10,13,18,20-21,23-24,26-29,31-35H,8-9,11-12,14-17,19H2,1-7H3,(H,42,43)/t20-,21-,23-,24-,26+,27+,28+,29+,31-,32+,33+,34-,35-,37-,38-,39-,40-/m1/s1. The number of carbonyl (C=O) groups is 1. The van der Waals surface area contributed by atoms with Gasteiger partial charge in [0.2, 0.25) is 11.6 Å². The molecule has 10 aliphatic rings. The lowest BCUT2D eigenvalue weighted by Gasteiger charge is -2.62. The molecule has 8 aliphatic heterocycles. The zero-order valence-electron chi connectivity index (χ0n) is 31.6. The number of carbonyl (C=O) groups excluding carboxylic acids is 1. The summed E-state index contributed by atoms with van der Waals surface area (Å²) in [7, 11) is 0. The van der Waals surface area contributed by atoms with Crippen LogP contribution >= 0.6 is 0 Å². The number of aryl methyl sites for hydroxylation is 1. The van der Waals surface area contributed by atoms with Crippen LogP contribution in [-0.4, -0.2) is 59.8 Å². The van der Waals surface area contributed by atoms with Gasteiger partial charge >= 0.3 is 6.09 Å². The van der Waals surface area contributed by atoms with Crippen molar-refractivity contribution in [3.8, 4) is 0 Å². The number of fused-ring (bicyclic) bond motifs is 4. The molecule has 288 valence electrons. The van der Waals surface area contributed by atoms with Crippen LogP contribution < -0.4 is 5.32 Å². The summed E-state index contributed by atoms with van der Waals surface area (Å²) in [6.07, 6.45) is 4.16. The molecular weight excluding hydrogens is 673 g/mol. The van der Waals surface area contributed by atoms with Gasteiger partial charge in [0.1, 0.15) is 18.0 Å². The van der Waals surface area contributed by atoms with Crippen LogP contribution in [0.2, 0.25) is 0 Å². The number of halogens is 1. The highest BCUT2D eigenvalue weighted by molar-refractivity contribution is 5.84. The fraction of sp³-hybridized carbons (Fsp3) is 0.825. The van der Waals surface area contributed by atoms with Crippen molar-refractivity contribution in [2.45, 2.75) is 160 Å². The average molecular weight is 730 g/mol. The number of benzene rings is 1. The van der Waals surface area contributed by atoms with Gasteiger partial charge in [0.05, 0.1) is 6.10 Å². The first-order chi connectivity index (χ1) is 24.8.